The number of fused-ring (bicyclic) bond motifs is 1. The molecular weight excluding hydrogens is 378 g/mol. The summed E-state index contributed by atoms with van der Waals surface area (Å²) in [6, 6.07) is 15.0. The van der Waals surface area contributed by atoms with Gasteiger partial charge in [0.2, 0.25) is 5.04 Å². The van der Waals surface area contributed by atoms with E-state index in [2.05, 4.69) is 15.5 Å². The fourth-order valence-corrected chi connectivity index (χ4v) is 4.03. The van der Waals surface area contributed by atoms with Gasteiger partial charge in [0.05, 0.1) is 27.5 Å². The molecule has 25 heavy (non-hydrogen) atoms. The summed E-state index contributed by atoms with van der Waals surface area (Å²) in [5.74, 6) is -0.508. The van der Waals surface area contributed by atoms with E-state index in [0.29, 0.717) is 15.0 Å². The summed E-state index contributed by atoms with van der Waals surface area (Å²) in [5, 5.41) is 4.86. The van der Waals surface area contributed by atoms with Crippen LogP contribution in [0.2, 0.25) is 5.02 Å². The SMILES string of the molecule is CCOC(=O)C(=NNc1ccccc1Cl)Sc1nc2ccccc2s1. The molecule has 2 aromatic carbocycles. The number of halogens is 1. The average Bonchev–Trinajstić information content (AvgIpc) is 3.02. The van der Waals surface area contributed by atoms with Crippen molar-refractivity contribution in [1.82, 2.24) is 4.98 Å². The van der Waals surface area contributed by atoms with Crippen LogP contribution in [0.1, 0.15) is 6.92 Å². The van der Waals surface area contributed by atoms with E-state index in [0.717, 1.165) is 22.0 Å². The number of hydrogen-bond acceptors (Lipinski definition) is 7. The van der Waals surface area contributed by atoms with Crippen molar-refractivity contribution in [2.75, 3.05) is 12.0 Å². The predicted molar refractivity (Wildman–Crippen MR) is 105 cm³/mol. The summed E-state index contributed by atoms with van der Waals surface area (Å²) in [6.45, 7) is 2.02. The number of nitrogens with one attached hydrogen (secondary N) is 1. The van der Waals surface area contributed by atoms with Gasteiger partial charge in [-0.1, -0.05) is 35.9 Å². The predicted octanol–water partition coefficient (Wildman–Crippen LogP) is 5.03. The van der Waals surface area contributed by atoms with Crippen LogP contribution in [0.15, 0.2) is 58.0 Å². The first kappa shape index (κ1) is 17.7. The van der Waals surface area contributed by atoms with E-state index < -0.39 is 5.97 Å². The number of thiazole rings is 1. The number of thioether (sulfide) groups is 1. The van der Waals surface area contributed by atoms with E-state index in [1.807, 2.05) is 36.4 Å². The van der Waals surface area contributed by atoms with E-state index >= 15 is 0 Å². The lowest BCUT2D eigenvalue weighted by molar-refractivity contribution is -0.134. The molecule has 128 valence electrons. The van der Waals surface area contributed by atoms with Crippen LogP contribution in [0.3, 0.4) is 0 Å². The Balaban J connectivity index is 1.85. The zero-order valence-corrected chi connectivity index (χ0v) is 15.6. The second-order valence-electron chi connectivity index (χ2n) is 4.78. The number of ether oxygens (including phenoxy) is 1. The first-order valence-corrected chi connectivity index (χ1v) is 9.47. The highest BCUT2D eigenvalue weighted by Crippen LogP contribution is 2.30. The summed E-state index contributed by atoms with van der Waals surface area (Å²) in [5.41, 5.74) is 4.31. The minimum Gasteiger partial charge on any atom is -0.461 e. The van der Waals surface area contributed by atoms with Gasteiger partial charge in [0.1, 0.15) is 0 Å². The van der Waals surface area contributed by atoms with E-state index in [9.17, 15) is 4.79 Å². The van der Waals surface area contributed by atoms with Gasteiger partial charge in [-0.2, -0.15) is 5.10 Å². The topological polar surface area (TPSA) is 63.6 Å². The smallest absolute Gasteiger partial charge is 0.365 e. The number of aromatic nitrogens is 1. The molecule has 0 bridgehead atoms. The van der Waals surface area contributed by atoms with Crippen LogP contribution in [0, 0.1) is 0 Å². The van der Waals surface area contributed by atoms with Crippen molar-refractivity contribution in [2.45, 2.75) is 11.3 Å². The molecule has 0 aliphatic heterocycles. The molecule has 0 aliphatic rings. The van der Waals surface area contributed by atoms with Gasteiger partial charge in [0.25, 0.3) is 0 Å². The van der Waals surface area contributed by atoms with Crippen LogP contribution < -0.4 is 5.43 Å². The molecule has 8 heteroatoms. The first-order valence-electron chi connectivity index (χ1n) is 7.46. The maximum Gasteiger partial charge on any atom is 0.365 e. The third kappa shape index (κ3) is 4.50. The van der Waals surface area contributed by atoms with E-state index in [4.69, 9.17) is 16.3 Å². The van der Waals surface area contributed by atoms with Crippen LogP contribution in [-0.2, 0) is 9.53 Å². The summed E-state index contributed by atoms with van der Waals surface area (Å²) in [4.78, 5) is 16.7. The number of esters is 1. The molecule has 0 atom stereocenters. The van der Waals surface area contributed by atoms with Crippen molar-refractivity contribution in [1.29, 1.82) is 0 Å². The highest BCUT2D eigenvalue weighted by atomic mass is 35.5. The van der Waals surface area contributed by atoms with Gasteiger partial charge in [0.15, 0.2) is 4.34 Å². The maximum absolute atomic E-state index is 12.2. The second-order valence-corrected chi connectivity index (χ2v) is 7.45. The normalized spacial score (nSPS) is 11.5. The van der Waals surface area contributed by atoms with Crippen LogP contribution in [-0.4, -0.2) is 22.6 Å². The molecule has 0 spiro atoms. The van der Waals surface area contributed by atoms with Crippen LogP contribution in [0.4, 0.5) is 5.69 Å². The van der Waals surface area contributed by atoms with Gasteiger partial charge < -0.3 is 4.74 Å². The number of carbonyl (C=O) groups is 1. The van der Waals surface area contributed by atoms with Crippen molar-refractivity contribution in [3.05, 3.63) is 53.6 Å². The molecule has 0 saturated heterocycles. The lowest BCUT2D eigenvalue weighted by Crippen LogP contribution is -2.16. The fraction of sp³-hybridized carbons (Fsp3) is 0.118. The van der Waals surface area contributed by atoms with Crippen LogP contribution in [0.25, 0.3) is 10.2 Å². The number of rotatable bonds is 4. The van der Waals surface area contributed by atoms with Crippen molar-refractivity contribution in [3.63, 3.8) is 0 Å². The third-order valence-corrected chi connectivity index (χ3v) is 5.44. The van der Waals surface area contributed by atoms with Gasteiger partial charge in [-0.3, -0.25) is 5.43 Å². The Hall–Kier alpha value is -2.09. The fourth-order valence-electron chi connectivity index (χ4n) is 1.94. The van der Waals surface area contributed by atoms with Gasteiger partial charge in [-0.15, -0.1) is 11.3 Å². The third-order valence-electron chi connectivity index (χ3n) is 3.06. The maximum atomic E-state index is 12.2. The number of nitrogens with zero attached hydrogens (tertiary/aromatic N) is 2. The molecule has 1 heterocycles. The van der Waals surface area contributed by atoms with Gasteiger partial charge in [0, 0.05) is 0 Å². The highest BCUT2D eigenvalue weighted by molar-refractivity contribution is 8.17. The minimum absolute atomic E-state index is 0.167. The van der Waals surface area contributed by atoms with E-state index in [-0.39, 0.29) is 11.7 Å². The molecule has 3 rings (SSSR count). The summed E-state index contributed by atoms with van der Waals surface area (Å²) in [6.07, 6.45) is 0. The Bertz CT molecular complexity index is 894. The minimum atomic E-state index is -0.508. The Labute approximate surface area is 158 Å². The zero-order valence-electron chi connectivity index (χ0n) is 13.2. The number of benzene rings is 2. The monoisotopic (exact) mass is 391 g/mol. The highest BCUT2D eigenvalue weighted by Gasteiger charge is 2.18. The van der Waals surface area contributed by atoms with Crippen LogP contribution in [0.5, 0.6) is 0 Å². The van der Waals surface area contributed by atoms with Crippen LogP contribution >= 0.6 is 34.7 Å². The molecule has 0 radical (unpaired) electrons. The quantitative estimate of drug-likeness (QED) is 0.222. The molecule has 0 saturated carbocycles. The summed E-state index contributed by atoms with van der Waals surface area (Å²) >= 11 is 8.76. The molecule has 3 aromatic rings. The molecule has 0 unspecified atom stereocenters. The Morgan fingerprint density at radius 1 is 1.28 bits per heavy atom. The Morgan fingerprint density at radius 2 is 2.04 bits per heavy atom. The van der Waals surface area contributed by atoms with Gasteiger partial charge in [-0.05, 0) is 43.0 Å². The summed E-state index contributed by atoms with van der Waals surface area (Å²) in [7, 11) is 0. The standard InChI is InChI=1S/C17H14ClN3O2S2/c1-2-23-16(22)15(21-20-12-8-4-3-7-11(12)18)25-17-19-13-9-5-6-10-14(13)24-17/h3-10,20H,2H2,1H3. The lowest BCUT2D eigenvalue weighted by Gasteiger charge is -2.06. The van der Waals surface area contributed by atoms with Crippen molar-refractivity contribution < 1.29 is 9.53 Å². The number of hydrazone groups is 1. The average molecular weight is 392 g/mol. The van der Waals surface area contributed by atoms with Gasteiger partial charge >= 0.3 is 5.97 Å². The molecule has 5 nitrogen and oxygen atoms in total. The van der Waals surface area contributed by atoms with Crippen molar-refractivity contribution in [2.24, 2.45) is 5.10 Å². The Morgan fingerprint density at radius 3 is 2.80 bits per heavy atom. The lowest BCUT2D eigenvalue weighted by atomic mass is 10.3. The largest absolute Gasteiger partial charge is 0.461 e. The molecule has 1 aromatic heterocycles. The van der Waals surface area contributed by atoms with Gasteiger partial charge in [-0.25, -0.2) is 9.78 Å². The van der Waals surface area contributed by atoms with E-state index in [1.54, 1.807) is 19.1 Å². The number of para-hydroxylation sites is 2. The molecule has 0 aliphatic carbocycles. The Kier molecular flexibility index (Phi) is 5.91. The number of carbonyl (C=O) groups excluding carboxylic acids is 1. The molecule has 0 amide bonds. The number of hydrogen-bond donors (Lipinski definition) is 1. The molecule has 0 fully saturated rings. The van der Waals surface area contributed by atoms with Crippen molar-refractivity contribution in [3.8, 4) is 0 Å². The second kappa shape index (κ2) is 8.33. The zero-order chi connectivity index (χ0) is 17.6. The summed E-state index contributed by atoms with van der Waals surface area (Å²) < 4.78 is 6.85. The molecule has 1 N–H and O–H groups in total. The number of anilines is 1. The van der Waals surface area contributed by atoms with Crippen molar-refractivity contribution >= 4 is 61.6 Å². The molecular formula is C17H14ClN3O2S2. The first-order chi connectivity index (χ1) is 12.2. The van der Waals surface area contributed by atoms with E-state index in [1.165, 1.54) is 11.3 Å².